The number of hydrogen-bond donors (Lipinski definition) is 2. The van der Waals surface area contributed by atoms with E-state index in [2.05, 4.69) is 74.6 Å². The summed E-state index contributed by atoms with van der Waals surface area (Å²) in [5.41, 5.74) is 4.71. The van der Waals surface area contributed by atoms with Gasteiger partial charge in [-0.05, 0) is 36.6 Å². The molecule has 0 saturated carbocycles. The van der Waals surface area contributed by atoms with Gasteiger partial charge in [-0.2, -0.15) is 0 Å². The zero-order valence-corrected chi connectivity index (χ0v) is 20.1. The molecule has 2 N–H and O–H groups in total. The van der Waals surface area contributed by atoms with Crippen LogP contribution in [0.1, 0.15) is 34.5 Å². The molecule has 0 aliphatic carbocycles. The Bertz CT molecular complexity index is 1040. The third-order valence-electron chi connectivity index (χ3n) is 5.37. The summed E-state index contributed by atoms with van der Waals surface area (Å²) in [6, 6.07) is 14.8. The van der Waals surface area contributed by atoms with Gasteiger partial charge in [0.15, 0.2) is 5.96 Å². The van der Waals surface area contributed by atoms with Gasteiger partial charge in [-0.25, -0.2) is 4.98 Å². The molecule has 0 fully saturated rings. The number of guanidine groups is 1. The molecule has 0 spiro atoms. The molecule has 0 atom stereocenters. The average molecular weight is 450 g/mol. The van der Waals surface area contributed by atoms with E-state index >= 15 is 0 Å². The van der Waals surface area contributed by atoms with E-state index in [1.807, 2.05) is 19.3 Å². The Morgan fingerprint density at radius 1 is 1.03 bits per heavy atom. The van der Waals surface area contributed by atoms with Gasteiger partial charge in [0.1, 0.15) is 11.6 Å². The minimum atomic E-state index is 0.625. The van der Waals surface area contributed by atoms with E-state index in [1.54, 1.807) is 14.2 Å². The number of aliphatic imine (C=N–C) groups is 1. The molecule has 1 heterocycles. The summed E-state index contributed by atoms with van der Waals surface area (Å²) >= 11 is 0. The first kappa shape index (κ1) is 24.3. The van der Waals surface area contributed by atoms with Crippen LogP contribution in [0.5, 0.6) is 5.75 Å². The summed E-state index contributed by atoms with van der Waals surface area (Å²) in [5, 5.41) is 6.80. The van der Waals surface area contributed by atoms with Crippen molar-refractivity contribution >= 4 is 5.96 Å². The van der Waals surface area contributed by atoms with Crippen LogP contribution < -0.4 is 15.4 Å². The minimum absolute atomic E-state index is 0.625. The molecule has 3 aromatic rings. The van der Waals surface area contributed by atoms with Gasteiger partial charge < -0.3 is 24.7 Å². The van der Waals surface area contributed by atoms with E-state index in [1.165, 1.54) is 16.7 Å². The number of benzene rings is 2. The van der Waals surface area contributed by atoms with Crippen molar-refractivity contribution in [2.24, 2.45) is 4.99 Å². The second-order valence-electron chi connectivity index (χ2n) is 8.01. The monoisotopic (exact) mass is 449 g/mol. The van der Waals surface area contributed by atoms with Gasteiger partial charge in [-0.15, -0.1) is 0 Å². The maximum atomic E-state index is 5.99. The van der Waals surface area contributed by atoms with Crippen LogP contribution in [0.25, 0.3) is 0 Å². The average Bonchev–Trinajstić information content (AvgIpc) is 3.22. The fraction of sp³-hybridized carbons (Fsp3) is 0.385. The number of hydrogen-bond acceptors (Lipinski definition) is 4. The van der Waals surface area contributed by atoms with Gasteiger partial charge in [0.25, 0.3) is 0 Å². The second kappa shape index (κ2) is 12.6. The van der Waals surface area contributed by atoms with Gasteiger partial charge in [0.2, 0.25) is 0 Å². The summed E-state index contributed by atoms with van der Waals surface area (Å²) in [6.45, 7) is 7.54. The molecule has 7 heteroatoms. The van der Waals surface area contributed by atoms with Gasteiger partial charge >= 0.3 is 0 Å². The molecular formula is C26H35N5O2. The van der Waals surface area contributed by atoms with Crippen molar-refractivity contribution in [2.45, 2.75) is 39.9 Å². The van der Waals surface area contributed by atoms with E-state index in [9.17, 15) is 0 Å². The number of methoxy groups -OCH3 is 1. The molecule has 0 unspecified atom stereocenters. The summed E-state index contributed by atoms with van der Waals surface area (Å²) in [5.74, 6) is 2.66. The van der Waals surface area contributed by atoms with Crippen molar-refractivity contribution in [1.29, 1.82) is 0 Å². The molecule has 7 nitrogen and oxygen atoms in total. The first-order valence-electron chi connectivity index (χ1n) is 11.3. The molecule has 0 aliphatic rings. The van der Waals surface area contributed by atoms with Crippen molar-refractivity contribution in [3.63, 3.8) is 0 Å². The van der Waals surface area contributed by atoms with Crippen LogP contribution in [-0.4, -0.2) is 42.9 Å². The Hall–Kier alpha value is -3.32. The lowest BCUT2D eigenvalue weighted by Crippen LogP contribution is -2.36. The third kappa shape index (κ3) is 7.64. The number of aryl methyl sites for hydroxylation is 2. The van der Waals surface area contributed by atoms with E-state index in [-0.39, 0.29) is 0 Å². The zero-order chi connectivity index (χ0) is 23.5. The quantitative estimate of drug-likeness (QED) is 0.264. The van der Waals surface area contributed by atoms with Crippen LogP contribution in [0, 0.1) is 13.8 Å². The number of imidazole rings is 1. The van der Waals surface area contributed by atoms with Gasteiger partial charge in [-0.3, -0.25) is 4.99 Å². The highest BCUT2D eigenvalue weighted by molar-refractivity contribution is 5.79. The fourth-order valence-corrected chi connectivity index (χ4v) is 3.52. The van der Waals surface area contributed by atoms with Gasteiger partial charge in [-0.1, -0.05) is 36.4 Å². The smallest absolute Gasteiger partial charge is 0.191 e. The van der Waals surface area contributed by atoms with Crippen LogP contribution in [0.15, 0.2) is 59.9 Å². The maximum Gasteiger partial charge on any atom is 0.191 e. The normalized spacial score (nSPS) is 11.5. The lowest BCUT2D eigenvalue weighted by Gasteiger charge is -2.16. The molecule has 3 rings (SSSR count). The zero-order valence-electron chi connectivity index (χ0n) is 20.1. The van der Waals surface area contributed by atoms with E-state index in [0.29, 0.717) is 26.3 Å². The second-order valence-corrected chi connectivity index (χ2v) is 8.01. The molecule has 0 radical (unpaired) electrons. The molecule has 0 aliphatic heterocycles. The van der Waals surface area contributed by atoms with Gasteiger partial charge in [0.05, 0.1) is 6.61 Å². The van der Waals surface area contributed by atoms with Crippen molar-refractivity contribution < 1.29 is 9.47 Å². The number of nitrogens with one attached hydrogen (secondary N) is 2. The Balaban J connectivity index is 1.54. The van der Waals surface area contributed by atoms with Crippen LogP contribution in [0.3, 0.4) is 0 Å². The Kier molecular flexibility index (Phi) is 9.32. The molecule has 0 saturated heterocycles. The Labute approximate surface area is 196 Å². The maximum absolute atomic E-state index is 5.99. The highest BCUT2D eigenvalue weighted by atomic mass is 16.5. The predicted molar refractivity (Wildman–Crippen MR) is 133 cm³/mol. The van der Waals surface area contributed by atoms with Crippen LogP contribution in [0.4, 0.5) is 0 Å². The lowest BCUT2D eigenvalue weighted by atomic mass is 10.1. The molecule has 0 amide bonds. The fourth-order valence-electron chi connectivity index (χ4n) is 3.52. The third-order valence-corrected chi connectivity index (χ3v) is 5.37. The first-order chi connectivity index (χ1) is 16.1. The van der Waals surface area contributed by atoms with Gasteiger partial charge in [0, 0.05) is 64.8 Å². The highest BCUT2D eigenvalue weighted by Crippen LogP contribution is 2.20. The number of aromatic nitrogens is 2. The predicted octanol–water partition coefficient (Wildman–Crippen LogP) is 3.83. The SMILES string of the molecule is CN=C(NCc1cccc(Cn2ccnc2C)c1)NCc1ccc(C)cc1OCCCOC. The number of ether oxygens (including phenoxy) is 2. The van der Waals surface area contributed by atoms with E-state index in [0.717, 1.165) is 36.1 Å². The summed E-state index contributed by atoms with van der Waals surface area (Å²) in [6.07, 6.45) is 4.70. The summed E-state index contributed by atoms with van der Waals surface area (Å²) in [7, 11) is 3.49. The minimum Gasteiger partial charge on any atom is -0.493 e. The van der Waals surface area contributed by atoms with E-state index in [4.69, 9.17) is 9.47 Å². The molecule has 176 valence electrons. The molecular weight excluding hydrogens is 414 g/mol. The first-order valence-corrected chi connectivity index (χ1v) is 11.3. The van der Waals surface area contributed by atoms with Crippen LogP contribution in [-0.2, 0) is 24.4 Å². The molecule has 1 aromatic heterocycles. The largest absolute Gasteiger partial charge is 0.493 e. The molecule has 33 heavy (non-hydrogen) atoms. The Morgan fingerprint density at radius 3 is 2.61 bits per heavy atom. The van der Waals surface area contributed by atoms with Crippen molar-refractivity contribution in [3.8, 4) is 5.75 Å². The van der Waals surface area contributed by atoms with Crippen LogP contribution >= 0.6 is 0 Å². The van der Waals surface area contributed by atoms with Crippen LogP contribution in [0.2, 0.25) is 0 Å². The molecule has 2 aromatic carbocycles. The Morgan fingerprint density at radius 2 is 1.85 bits per heavy atom. The number of nitrogens with zero attached hydrogens (tertiary/aromatic N) is 3. The van der Waals surface area contributed by atoms with E-state index < -0.39 is 0 Å². The lowest BCUT2D eigenvalue weighted by molar-refractivity contribution is 0.171. The van der Waals surface area contributed by atoms with Crippen molar-refractivity contribution in [2.75, 3.05) is 27.4 Å². The molecule has 0 bridgehead atoms. The standard InChI is InChI=1S/C26H35N5O2/c1-20-9-10-24(25(15-20)33-14-6-13-32-4)18-30-26(27-3)29-17-22-7-5-8-23(16-22)19-31-12-11-28-21(31)2/h5,7-12,15-16H,6,13-14,17-19H2,1-4H3,(H2,27,29,30). The number of rotatable bonds is 11. The topological polar surface area (TPSA) is 72.7 Å². The summed E-state index contributed by atoms with van der Waals surface area (Å²) in [4.78, 5) is 8.67. The summed E-state index contributed by atoms with van der Waals surface area (Å²) < 4.78 is 13.2. The van der Waals surface area contributed by atoms with Crippen molar-refractivity contribution in [3.05, 3.63) is 82.9 Å². The van der Waals surface area contributed by atoms with Crippen molar-refractivity contribution in [1.82, 2.24) is 20.2 Å². The highest BCUT2D eigenvalue weighted by Gasteiger charge is 2.07.